The highest BCUT2D eigenvalue weighted by Crippen LogP contribution is 2.25. The predicted octanol–water partition coefficient (Wildman–Crippen LogP) is 2.54. The number of sulfonamides is 1. The molecule has 0 unspecified atom stereocenters. The highest BCUT2D eigenvalue weighted by Gasteiger charge is 2.28. The molecule has 0 amide bonds. The Morgan fingerprint density at radius 1 is 1.26 bits per heavy atom. The second kappa shape index (κ2) is 7.20. The van der Waals surface area contributed by atoms with E-state index in [2.05, 4.69) is 4.74 Å². The molecule has 1 aromatic carbocycles. The van der Waals surface area contributed by atoms with Crippen molar-refractivity contribution in [1.82, 2.24) is 4.31 Å². The van der Waals surface area contributed by atoms with Gasteiger partial charge in [0.15, 0.2) is 0 Å². The van der Waals surface area contributed by atoms with Gasteiger partial charge in [0.05, 0.1) is 7.11 Å². The molecule has 0 fully saturated rings. The lowest BCUT2D eigenvalue weighted by Gasteiger charge is -2.17. The highest BCUT2D eigenvalue weighted by molar-refractivity contribution is 7.89. The fraction of sp³-hybridized carbons (Fsp3) is 0.267. The molecule has 2 rings (SSSR count). The van der Waals surface area contributed by atoms with E-state index in [1.54, 1.807) is 12.1 Å². The maximum Gasteiger partial charge on any atom is 0.349 e. The Morgan fingerprint density at radius 2 is 1.91 bits per heavy atom. The van der Waals surface area contributed by atoms with Crippen LogP contribution in [-0.4, -0.2) is 39.4 Å². The summed E-state index contributed by atoms with van der Waals surface area (Å²) in [6, 6.07) is 7.28. The van der Waals surface area contributed by atoms with Gasteiger partial charge in [-0.2, -0.15) is 0 Å². The second-order valence-electron chi connectivity index (χ2n) is 4.81. The normalized spacial score (nSPS) is 11.7. The number of hydrogen-bond donors (Lipinski definition) is 0. The fourth-order valence-electron chi connectivity index (χ4n) is 1.97. The number of carbonyl (C=O) groups excluding carboxylic acids is 1. The minimum absolute atomic E-state index is 0.0566. The van der Waals surface area contributed by atoms with E-state index in [1.807, 2.05) is 0 Å². The van der Waals surface area contributed by atoms with E-state index in [1.165, 1.54) is 42.0 Å². The summed E-state index contributed by atoms with van der Waals surface area (Å²) in [5, 5.41) is 1.53. The SMILES string of the molecule is COC(=O)c1sccc1S(=O)(=O)N(C)CCc1ccc(F)cc1. The van der Waals surface area contributed by atoms with Crippen molar-refractivity contribution in [1.29, 1.82) is 0 Å². The van der Waals surface area contributed by atoms with Crippen LogP contribution in [0.3, 0.4) is 0 Å². The molecule has 2 aromatic rings. The number of rotatable bonds is 6. The summed E-state index contributed by atoms with van der Waals surface area (Å²) in [6.45, 7) is 0.213. The summed E-state index contributed by atoms with van der Waals surface area (Å²) in [5.74, 6) is -1.01. The van der Waals surface area contributed by atoms with Gasteiger partial charge in [-0.25, -0.2) is 21.9 Å². The zero-order chi connectivity index (χ0) is 17.0. The van der Waals surface area contributed by atoms with Gasteiger partial charge in [-0.05, 0) is 35.6 Å². The van der Waals surface area contributed by atoms with Crippen LogP contribution in [0.2, 0.25) is 0 Å². The van der Waals surface area contributed by atoms with E-state index in [0.717, 1.165) is 16.9 Å². The number of hydrogen-bond acceptors (Lipinski definition) is 5. The molecule has 0 aliphatic heterocycles. The van der Waals surface area contributed by atoms with E-state index < -0.39 is 16.0 Å². The van der Waals surface area contributed by atoms with Gasteiger partial charge in [-0.3, -0.25) is 0 Å². The number of thiophene rings is 1. The van der Waals surface area contributed by atoms with Gasteiger partial charge >= 0.3 is 5.97 Å². The second-order valence-corrected chi connectivity index (χ2v) is 7.74. The minimum Gasteiger partial charge on any atom is -0.465 e. The number of halogens is 1. The third-order valence-corrected chi connectivity index (χ3v) is 6.24. The van der Waals surface area contributed by atoms with Crippen molar-refractivity contribution in [2.45, 2.75) is 11.3 Å². The first-order chi connectivity index (χ1) is 10.9. The average Bonchev–Trinajstić information content (AvgIpc) is 3.03. The standard InChI is InChI=1S/C15H16FNO4S2/c1-17(9-7-11-3-5-12(16)6-4-11)23(19,20)13-8-10-22-14(13)15(18)21-2/h3-6,8,10H,7,9H2,1-2H3. The molecule has 0 aliphatic rings. The summed E-state index contributed by atoms with van der Waals surface area (Å²) < 4.78 is 43.8. The molecule has 0 saturated carbocycles. The Hall–Kier alpha value is -1.77. The third-order valence-electron chi connectivity index (χ3n) is 3.32. The number of methoxy groups -OCH3 is 1. The van der Waals surface area contributed by atoms with Crippen molar-refractivity contribution >= 4 is 27.3 Å². The number of ether oxygens (including phenoxy) is 1. The van der Waals surface area contributed by atoms with E-state index in [4.69, 9.17) is 0 Å². The molecule has 0 spiro atoms. The molecule has 0 bridgehead atoms. The van der Waals surface area contributed by atoms with Gasteiger partial charge in [-0.15, -0.1) is 11.3 Å². The van der Waals surface area contributed by atoms with Crippen LogP contribution in [0.15, 0.2) is 40.6 Å². The third kappa shape index (κ3) is 3.95. The van der Waals surface area contributed by atoms with Crippen LogP contribution >= 0.6 is 11.3 Å². The lowest BCUT2D eigenvalue weighted by molar-refractivity contribution is 0.0602. The molecule has 124 valence electrons. The molecule has 0 atom stereocenters. The minimum atomic E-state index is -3.79. The number of esters is 1. The van der Waals surface area contributed by atoms with Crippen LogP contribution in [0.5, 0.6) is 0 Å². The number of likely N-dealkylation sites (N-methyl/N-ethyl adjacent to an activating group) is 1. The maximum absolute atomic E-state index is 12.9. The number of carbonyl (C=O) groups is 1. The van der Waals surface area contributed by atoms with Crippen LogP contribution in [-0.2, 0) is 21.2 Å². The highest BCUT2D eigenvalue weighted by atomic mass is 32.2. The van der Waals surface area contributed by atoms with Crippen molar-refractivity contribution in [3.05, 3.63) is 52.0 Å². The molecule has 0 saturated heterocycles. The van der Waals surface area contributed by atoms with Gasteiger partial charge in [0.1, 0.15) is 15.6 Å². The monoisotopic (exact) mass is 357 g/mol. The van der Waals surface area contributed by atoms with Crippen molar-refractivity contribution in [2.75, 3.05) is 20.7 Å². The van der Waals surface area contributed by atoms with E-state index in [0.29, 0.717) is 6.42 Å². The molecular weight excluding hydrogens is 341 g/mol. The quantitative estimate of drug-likeness (QED) is 0.746. The van der Waals surface area contributed by atoms with Gasteiger partial charge in [-0.1, -0.05) is 12.1 Å². The average molecular weight is 357 g/mol. The summed E-state index contributed by atoms with van der Waals surface area (Å²) in [7, 11) is -1.14. The summed E-state index contributed by atoms with van der Waals surface area (Å²) in [6.07, 6.45) is 0.438. The lowest BCUT2D eigenvalue weighted by Crippen LogP contribution is -2.29. The first kappa shape index (κ1) is 17.6. The molecule has 1 aromatic heterocycles. The van der Waals surface area contributed by atoms with Crippen LogP contribution < -0.4 is 0 Å². The Morgan fingerprint density at radius 3 is 2.52 bits per heavy atom. The van der Waals surface area contributed by atoms with E-state index in [9.17, 15) is 17.6 Å². The van der Waals surface area contributed by atoms with E-state index in [-0.39, 0.29) is 22.1 Å². The smallest absolute Gasteiger partial charge is 0.349 e. The van der Waals surface area contributed by atoms with Crippen LogP contribution in [0.25, 0.3) is 0 Å². The zero-order valence-electron chi connectivity index (χ0n) is 12.7. The Balaban J connectivity index is 2.14. The molecule has 0 N–H and O–H groups in total. The molecule has 5 nitrogen and oxygen atoms in total. The Bertz CT molecular complexity index is 784. The van der Waals surface area contributed by atoms with Crippen LogP contribution in [0.4, 0.5) is 4.39 Å². The van der Waals surface area contributed by atoms with Crippen LogP contribution in [0.1, 0.15) is 15.2 Å². The van der Waals surface area contributed by atoms with E-state index >= 15 is 0 Å². The zero-order valence-corrected chi connectivity index (χ0v) is 14.3. The molecular formula is C15H16FNO4S2. The lowest BCUT2D eigenvalue weighted by atomic mass is 10.1. The number of nitrogens with zero attached hydrogens (tertiary/aromatic N) is 1. The van der Waals surface area contributed by atoms with Crippen molar-refractivity contribution < 1.29 is 22.3 Å². The molecule has 8 heteroatoms. The van der Waals surface area contributed by atoms with Gasteiger partial charge in [0.25, 0.3) is 0 Å². The predicted molar refractivity (Wildman–Crippen MR) is 85.6 cm³/mol. The summed E-state index contributed by atoms with van der Waals surface area (Å²) in [5.41, 5.74) is 0.826. The first-order valence-electron chi connectivity index (χ1n) is 6.73. The summed E-state index contributed by atoms with van der Waals surface area (Å²) in [4.78, 5) is 11.6. The maximum atomic E-state index is 12.9. The molecule has 0 radical (unpaired) electrons. The van der Waals surface area contributed by atoms with Crippen molar-refractivity contribution in [3.63, 3.8) is 0 Å². The summed E-state index contributed by atoms with van der Waals surface area (Å²) >= 11 is 1.02. The molecule has 0 aliphatic carbocycles. The Labute approximate surface area is 138 Å². The number of benzene rings is 1. The topological polar surface area (TPSA) is 63.7 Å². The largest absolute Gasteiger partial charge is 0.465 e. The van der Waals surface area contributed by atoms with Gasteiger partial charge < -0.3 is 4.74 Å². The van der Waals surface area contributed by atoms with Gasteiger partial charge in [0.2, 0.25) is 10.0 Å². The molecule has 1 heterocycles. The fourth-order valence-corrected chi connectivity index (χ4v) is 4.44. The molecule has 23 heavy (non-hydrogen) atoms. The first-order valence-corrected chi connectivity index (χ1v) is 9.05. The van der Waals surface area contributed by atoms with Crippen LogP contribution in [0, 0.1) is 5.82 Å². The Kier molecular flexibility index (Phi) is 5.51. The van der Waals surface area contributed by atoms with Gasteiger partial charge in [0, 0.05) is 13.6 Å². The van der Waals surface area contributed by atoms with Crippen molar-refractivity contribution in [3.8, 4) is 0 Å². The van der Waals surface area contributed by atoms with Crippen molar-refractivity contribution in [2.24, 2.45) is 0 Å².